The number of anilines is 1. The second kappa shape index (κ2) is 3.18. The van der Waals surface area contributed by atoms with Crippen LogP contribution in [-0.2, 0) is 0 Å². The van der Waals surface area contributed by atoms with E-state index in [2.05, 4.69) is 10.1 Å². The van der Waals surface area contributed by atoms with Gasteiger partial charge in [-0.15, -0.1) is 5.10 Å². The zero-order valence-electron chi connectivity index (χ0n) is 7.25. The summed E-state index contributed by atoms with van der Waals surface area (Å²) in [5.41, 5.74) is 6.01. The molecule has 0 fully saturated rings. The van der Waals surface area contributed by atoms with Crippen LogP contribution in [0.4, 0.5) is 5.82 Å². The number of rotatable bonds is 1. The van der Waals surface area contributed by atoms with E-state index in [9.17, 15) is 0 Å². The van der Waals surface area contributed by atoms with Crippen molar-refractivity contribution < 1.29 is 0 Å². The minimum absolute atomic E-state index is 0.425. The van der Waals surface area contributed by atoms with Crippen LogP contribution in [0.2, 0.25) is 0 Å². The van der Waals surface area contributed by atoms with Crippen molar-refractivity contribution in [2.24, 2.45) is 0 Å². The standard InChI is InChI=1S/C9H7N5/c10-6-7-1-3-12-9(5-7)14-4-2-8(11)13-14/h1-5H,(H2,11,13). The highest BCUT2D eigenvalue weighted by Crippen LogP contribution is 2.06. The molecule has 14 heavy (non-hydrogen) atoms. The summed E-state index contributed by atoms with van der Waals surface area (Å²) in [6.45, 7) is 0. The largest absolute Gasteiger partial charge is 0.382 e. The van der Waals surface area contributed by atoms with Crippen molar-refractivity contribution in [1.29, 1.82) is 5.26 Å². The highest BCUT2D eigenvalue weighted by molar-refractivity contribution is 5.36. The van der Waals surface area contributed by atoms with Crippen molar-refractivity contribution in [3.05, 3.63) is 36.2 Å². The maximum Gasteiger partial charge on any atom is 0.154 e. The second-order valence-electron chi connectivity index (χ2n) is 2.70. The number of nitrogens with two attached hydrogens (primary N) is 1. The van der Waals surface area contributed by atoms with Crippen LogP contribution >= 0.6 is 0 Å². The van der Waals surface area contributed by atoms with Crippen LogP contribution in [0.15, 0.2) is 30.6 Å². The SMILES string of the molecule is N#Cc1ccnc(-n2ccc(N)n2)c1. The Labute approximate surface area is 80.4 Å². The van der Waals surface area contributed by atoms with Crippen molar-refractivity contribution >= 4 is 5.82 Å². The Bertz CT molecular complexity index is 494. The minimum atomic E-state index is 0.425. The molecule has 5 heteroatoms. The van der Waals surface area contributed by atoms with E-state index >= 15 is 0 Å². The zero-order chi connectivity index (χ0) is 9.97. The molecule has 0 saturated carbocycles. The Hall–Kier alpha value is -2.35. The molecule has 2 heterocycles. The summed E-state index contributed by atoms with van der Waals surface area (Å²) >= 11 is 0. The van der Waals surface area contributed by atoms with E-state index in [1.165, 1.54) is 4.68 Å². The smallest absolute Gasteiger partial charge is 0.154 e. The average molecular weight is 185 g/mol. The van der Waals surface area contributed by atoms with Crippen LogP contribution in [0.5, 0.6) is 0 Å². The molecule has 0 radical (unpaired) electrons. The molecule has 0 saturated heterocycles. The lowest BCUT2D eigenvalue weighted by molar-refractivity contribution is 0.851. The molecule has 2 rings (SSSR count). The van der Waals surface area contributed by atoms with Gasteiger partial charge in [-0.3, -0.25) is 0 Å². The Morgan fingerprint density at radius 1 is 1.43 bits per heavy atom. The lowest BCUT2D eigenvalue weighted by atomic mass is 10.3. The van der Waals surface area contributed by atoms with Gasteiger partial charge in [0.15, 0.2) is 5.82 Å². The summed E-state index contributed by atoms with van der Waals surface area (Å²) < 4.78 is 1.52. The third-order valence-corrected chi connectivity index (χ3v) is 1.72. The topological polar surface area (TPSA) is 80.5 Å². The number of aromatic nitrogens is 3. The van der Waals surface area contributed by atoms with Gasteiger partial charge in [-0.05, 0) is 6.07 Å². The van der Waals surface area contributed by atoms with Gasteiger partial charge in [-0.2, -0.15) is 5.26 Å². The molecule has 0 amide bonds. The number of nitrogen functional groups attached to an aromatic ring is 1. The Kier molecular flexibility index (Phi) is 1.88. The Balaban J connectivity index is 2.47. The highest BCUT2D eigenvalue weighted by Gasteiger charge is 2.00. The van der Waals surface area contributed by atoms with Gasteiger partial charge in [0.25, 0.3) is 0 Å². The van der Waals surface area contributed by atoms with Gasteiger partial charge in [0.1, 0.15) is 5.82 Å². The number of nitrogens with zero attached hydrogens (tertiary/aromatic N) is 4. The van der Waals surface area contributed by atoms with Crippen LogP contribution < -0.4 is 5.73 Å². The first-order valence-corrected chi connectivity index (χ1v) is 3.97. The van der Waals surface area contributed by atoms with Crippen molar-refractivity contribution in [3.8, 4) is 11.9 Å². The first-order valence-electron chi connectivity index (χ1n) is 3.97. The number of pyridine rings is 1. The summed E-state index contributed by atoms with van der Waals surface area (Å²) in [4.78, 5) is 4.06. The van der Waals surface area contributed by atoms with Gasteiger partial charge in [0, 0.05) is 24.5 Å². The summed E-state index contributed by atoms with van der Waals surface area (Å²) in [6.07, 6.45) is 3.25. The summed E-state index contributed by atoms with van der Waals surface area (Å²) in [7, 11) is 0. The molecule has 0 aliphatic carbocycles. The Morgan fingerprint density at radius 3 is 2.93 bits per heavy atom. The average Bonchev–Trinajstić information content (AvgIpc) is 2.65. The van der Waals surface area contributed by atoms with Crippen LogP contribution in [-0.4, -0.2) is 14.8 Å². The summed E-state index contributed by atoms with van der Waals surface area (Å²) in [6, 6.07) is 6.98. The van der Waals surface area contributed by atoms with E-state index in [4.69, 9.17) is 11.0 Å². The van der Waals surface area contributed by atoms with E-state index in [0.29, 0.717) is 17.2 Å². The lowest BCUT2D eigenvalue weighted by Gasteiger charge is -1.98. The fraction of sp³-hybridized carbons (Fsp3) is 0. The quantitative estimate of drug-likeness (QED) is 0.709. The fourth-order valence-corrected chi connectivity index (χ4v) is 1.08. The van der Waals surface area contributed by atoms with Gasteiger partial charge in [-0.25, -0.2) is 9.67 Å². The Morgan fingerprint density at radius 2 is 2.29 bits per heavy atom. The van der Waals surface area contributed by atoms with Crippen LogP contribution in [0.25, 0.3) is 5.82 Å². The van der Waals surface area contributed by atoms with Crippen molar-refractivity contribution in [2.75, 3.05) is 5.73 Å². The number of hydrogen-bond donors (Lipinski definition) is 1. The van der Waals surface area contributed by atoms with Crippen LogP contribution in [0, 0.1) is 11.3 Å². The van der Waals surface area contributed by atoms with Crippen LogP contribution in [0.3, 0.4) is 0 Å². The van der Waals surface area contributed by atoms with E-state index in [1.807, 2.05) is 6.07 Å². The molecule has 0 bridgehead atoms. The molecular weight excluding hydrogens is 178 g/mol. The first-order chi connectivity index (χ1) is 6.79. The van der Waals surface area contributed by atoms with E-state index < -0.39 is 0 Å². The van der Waals surface area contributed by atoms with Gasteiger partial charge >= 0.3 is 0 Å². The molecule has 68 valence electrons. The molecule has 0 atom stereocenters. The van der Waals surface area contributed by atoms with Gasteiger partial charge < -0.3 is 5.73 Å². The van der Waals surface area contributed by atoms with Gasteiger partial charge in [-0.1, -0.05) is 0 Å². The minimum Gasteiger partial charge on any atom is -0.382 e. The summed E-state index contributed by atoms with van der Waals surface area (Å²) in [5, 5.41) is 12.7. The predicted octanol–water partition coefficient (Wildman–Crippen LogP) is 0.721. The molecule has 2 N–H and O–H groups in total. The molecule has 0 unspecified atom stereocenters. The molecule has 0 spiro atoms. The van der Waals surface area contributed by atoms with E-state index in [-0.39, 0.29) is 0 Å². The van der Waals surface area contributed by atoms with E-state index in [1.54, 1.807) is 30.6 Å². The fourth-order valence-electron chi connectivity index (χ4n) is 1.08. The zero-order valence-corrected chi connectivity index (χ0v) is 7.25. The third kappa shape index (κ3) is 1.41. The monoisotopic (exact) mass is 185 g/mol. The number of nitriles is 1. The maximum atomic E-state index is 8.68. The normalized spacial score (nSPS) is 9.64. The van der Waals surface area contributed by atoms with Gasteiger partial charge in [0.05, 0.1) is 11.6 Å². The second-order valence-corrected chi connectivity index (χ2v) is 2.70. The van der Waals surface area contributed by atoms with Gasteiger partial charge in [0.2, 0.25) is 0 Å². The number of hydrogen-bond acceptors (Lipinski definition) is 4. The molecule has 0 aliphatic heterocycles. The van der Waals surface area contributed by atoms with E-state index in [0.717, 1.165) is 0 Å². The maximum absolute atomic E-state index is 8.68. The lowest BCUT2D eigenvalue weighted by Crippen LogP contribution is -1.99. The molecular formula is C9H7N5. The first kappa shape index (κ1) is 8.26. The molecule has 2 aromatic heterocycles. The van der Waals surface area contributed by atoms with Crippen molar-refractivity contribution in [3.63, 3.8) is 0 Å². The predicted molar refractivity (Wildman–Crippen MR) is 50.5 cm³/mol. The molecule has 5 nitrogen and oxygen atoms in total. The molecule has 0 aliphatic rings. The molecule has 0 aromatic carbocycles. The highest BCUT2D eigenvalue weighted by atomic mass is 15.3. The molecule has 2 aromatic rings. The third-order valence-electron chi connectivity index (χ3n) is 1.72. The summed E-state index contributed by atoms with van der Waals surface area (Å²) in [5.74, 6) is 1.01. The van der Waals surface area contributed by atoms with Crippen molar-refractivity contribution in [2.45, 2.75) is 0 Å². The van der Waals surface area contributed by atoms with Crippen molar-refractivity contribution in [1.82, 2.24) is 14.8 Å². The van der Waals surface area contributed by atoms with Crippen LogP contribution in [0.1, 0.15) is 5.56 Å².